The summed E-state index contributed by atoms with van der Waals surface area (Å²) in [5.41, 5.74) is 4.91. The summed E-state index contributed by atoms with van der Waals surface area (Å²) in [4.78, 5) is 17.3. The Morgan fingerprint density at radius 1 is 1.23 bits per heavy atom. The van der Waals surface area contributed by atoms with Crippen molar-refractivity contribution in [3.05, 3.63) is 45.5 Å². The molecule has 3 aromatic rings. The van der Waals surface area contributed by atoms with Crippen molar-refractivity contribution in [2.24, 2.45) is 19.1 Å². The van der Waals surface area contributed by atoms with Gasteiger partial charge >= 0.3 is 0 Å². The molecule has 0 fully saturated rings. The van der Waals surface area contributed by atoms with Gasteiger partial charge in [0.2, 0.25) is 0 Å². The Hall–Kier alpha value is -2.21. The van der Waals surface area contributed by atoms with Crippen LogP contribution in [0.2, 0.25) is 0 Å². The van der Waals surface area contributed by atoms with Gasteiger partial charge < -0.3 is 4.57 Å². The summed E-state index contributed by atoms with van der Waals surface area (Å²) in [6, 6.07) is 5.94. The second kappa shape index (κ2) is 5.21. The van der Waals surface area contributed by atoms with Gasteiger partial charge in [0, 0.05) is 19.8 Å². The number of carbonyl (C=O) groups is 1. The van der Waals surface area contributed by atoms with Gasteiger partial charge in [-0.1, -0.05) is 17.4 Å². The van der Waals surface area contributed by atoms with Gasteiger partial charge in [-0.2, -0.15) is 10.1 Å². The molecule has 1 amide bonds. The third-order valence-corrected chi connectivity index (χ3v) is 5.12. The van der Waals surface area contributed by atoms with Crippen molar-refractivity contribution >= 4 is 27.5 Å². The number of aryl methyl sites for hydroxylation is 5. The van der Waals surface area contributed by atoms with Crippen LogP contribution in [-0.2, 0) is 14.1 Å². The molecule has 0 aliphatic rings. The molecule has 0 saturated carbocycles. The average Bonchev–Trinajstić information content (AvgIpc) is 2.96. The van der Waals surface area contributed by atoms with Gasteiger partial charge in [0.25, 0.3) is 5.91 Å². The Labute approximate surface area is 132 Å². The van der Waals surface area contributed by atoms with Crippen LogP contribution in [0.25, 0.3) is 10.2 Å². The Morgan fingerprint density at radius 3 is 2.59 bits per heavy atom. The van der Waals surface area contributed by atoms with E-state index in [1.54, 1.807) is 10.7 Å². The minimum absolute atomic E-state index is 0.305. The lowest BCUT2D eigenvalue weighted by Crippen LogP contribution is -2.14. The maximum Gasteiger partial charge on any atom is 0.300 e. The van der Waals surface area contributed by atoms with Crippen LogP contribution < -0.4 is 4.80 Å². The van der Waals surface area contributed by atoms with Crippen molar-refractivity contribution in [3.63, 3.8) is 0 Å². The highest BCUT2D eigenvalue weighted by atomic mass is 32.1. The number of amides is 1. The lowest BCUT2D eigenvalue weighted by atomic mass is 10.1. The Balaban J connectivity index is 2.15. The Bertz CT molecular complexity index is 939. The van der Waals surface area contributed by atoms with Crippen molar-refractivity contribution in [1.29, 1.82) is 0 Å². The molecular weight excluding hydrogens is 296 g/mol. The summed E-state index contributed by atoms with van der Waals surface area (Å²) >= 11 is 1.52. The van der Waals surface area contributed by atoms with E-state index < -0.39 is 0 Å². The third kappa shape index (κ3) is 2.29. The number of nitrogens with zero attached hydrogens (tertiary/aromatic N) is 4. The highest BCUT2D eigenvalue weighted by Gasteiger charge is 2.12. The molecule has 6 heteroatoms. The molecule has 0 unspecified atom stereocenters. The SMILES string of the molecule is Cc1ccc2sc(=NC(=O)c3cc(C)n(C)n3)n(C)c2c1C. The number of rotatable bonds is 1. The lowest BCUT2D eigenvalue weighted by molar-refractivity contribution is 0.0992. The standard InChI is InChI=1S/C16H18N4OS/c1-9-6-7-13-14(11(9)3)19(4)16(22-13)17-15(21)12-8-10(2)20(5)18-12/h6-8H,1-5H3. The molecule has 0 N–H and O–H groups in total. The molecule has 114 valence electrons. The maximum atomic E-state index is 12.3. The lowest BCUT2D eigenvalue weighted by Gasteiger charge is -2.03. The first-order valence-corrected chi connectivity index (χ1v) is 7.85. The Morgan fingerprint density at radius 2 is 1.95 bits per heavy atom. The van der Waals surface area contributed by atoms with Crippen LogP contribution in [0.4, 0.5) is 0 Å². The van der Waals surface area contributed by atoms with Crippen molar-refractivity contribution in [1.82, 2.24) is 14.3 Å². The monoisotopic (exact) mass is 314 g/mol. The number of hydrogen-bond acceptors (Lipinski definition) is 3. The van der Waals surface area contributed by atoms with E-state index in [0.717, 1.165) is 15.9 Å². The fourth-order valence-electron chi connectivity index (χ4n) is 2.44. The van der Waals surface area contributed by atoms with Crippen LogP contribution in [-0.4, -0.2) is 20.3 Å². The second-order valence-corrected chi connectivity index (χ2v) is 6.52. The predicted molar refractivity (Wildman–Crippen MR) is 88.1 cm³/mol. The minimum Gasteiger partial charge on any atom is -0.319 e. The van der Waals surface area contributed by atoms with Crippen LogP contribution in [0, 0.1) is 20.8 Å². The Kier molecular flexibility index (Phi) is 3.48. The zero-order chi connectivity index (χ0) is 16.0. The molecule has 3 rings (SSSR count). The molecule has 2 heterocycles. The van der Waals surface area contributed by atoms with E-state index in [0.29, 0.717) is 10.5 Å². The van der Waals surface area contributed by atoms with Crippen LogP contribution in [0.5, 0.6) is 0 Å². The van der Waals surface area contributed by atoms with Crippen LogP contribution >= 0.6 is 11.3 Å². The highest BCUT2D eigenvalue weighted by Crippen LogP contribution is 2.23. The summed E-state index contributed by atoms with van der Waals surface area (Å²) in [6.07, 6.45) is 0. The molecule has 2 aromatic heterocycles. The average molecular weight is 314 g/mol. The van der Waals surface area contributed by atoms with Gasteiger partial charge in [-0.05, 0) is 44.0 Å². The van der Waals surface area contributed by atoms with Crippen LogP contribution in [0.1, 0.15) is 27.3 Å². The predicted octanol–water partition coefficient (Wildman–Crippen LogP) is 2.64. The largest absolute Gasteiger partial charge is 0.319 e. The third-order valence-electron chi connectivity index (χ3n) is 4.02. The van der Waals surface area contributed by atoms with Crippen molar-refractivity contribution in [2.75, 3.05) is 0 Å². The van der Waals surface area contributed by atoms with Gasteiger partial charge in [0.15, 0.2) is 10.5 Å². The zero-order valence-corrected chi connectivity index (χ0v) is 14.2. The normalized spacial score (nSPS) is 12.3. The fraction of sp³-hybridized carbons (Fsp3) is 0.312. The highest BCUT2D eigenvalue weighted by molar-refractivity contribution is 7.16. The number of aromatic nitrogens is 3. The quantitative estimate of drug-likeness (QED) is 0.693. The summed E-state index contributed by atoms with van der Waals surface area (Å²) in [7, 11) is 3.76. The van der Waals surface area contributed by atoms with E-state index in [2.05, 4.69) is 36.1 Å². The number of thiazole rings is 1. The summed E-state index contributed by atoms with van der Waals surface area (Å²) < 4.78 is 4.80. The maximum absolute atomic E-state index is 12.3. The topological polar surface area (TPSA) is 52.2 Å². The molecule has 0 atom stereocenters. The molecule has 0 aliphatic heterocycles. The molecule has 0 bridgehead atoms. The van der Waals surface area contributed by atoms with E-state index in [-0.39, 0.29) is 5.91 Å². The summed E-state index contributed by atoms with van der Waals surface area (Å²) in [6.45, 7) is 6.10. The van der Waals surface area contributed by atoms with Gasteiger partial charge in [-0.25, -0.2) is 0 Å². The van der Waals surface area contributed by atoms with E-state index in [1.165, 1.54) is 22.5 Å². The minimum atomic E-state index is -0.305. The molecule has 0 saturated heterocycles. The van der Waals surface area contributed by atoms with Crippen LogP contribution in [0.3, 0.4) is 0 Å². The number of fused-ring (bicyclic) bond motifs is 1. The molecule has 1 aromatic carbocycles. The van der Waals surface area contributed by atoms with Gasteiger partial charge in [-0.3, -0.25) is 9.48 Å². The first-order chi connectivity index (χ1) is 10.4. The molecule has 22 heavy (non-hydrogen) atoms. The van der Waals surface area contributed by atoms with Gasteiger partial charge in [0.05, 0.1) is 10.2 Å². The van der Waals surface area contributed by atoms with Crippen molar-refractivity contribution in [3.8, 4) is 0 Å². The number of carbonyl (C=O) groups excluding carboxylic acids is 1. The van der Waals surface area contributed by atoms with E-state index in [1.807, 2.05) is 25.6 Å². The van der Waals surface area contributed by atoms with E-state index in [4.69, 9.17) is 0 Å². The molecule has 0 radical (unpaired) electrons. The first-order valence-electron chi connectivity index (χ1n) is 7.04. The summed E-state index contributed by atoms with van der Waals surface area (Å²) in [5, 5.41) is 4.19. The second-order valence-electron chi connectivity index (χ2n) is 5.51. The molecule has 5 nitrogen and oxygen atoms in total. The molecule has 0 spiro atoms. The van der Waals surface area contributed by atoms with Crippen molar-refractivity contribution < 1.29 is 4.79 Å². The number of hydrogen-bond donors (Lipinski definition) is 0. The van der Waals surface area contributed by atoms with Crippen molar-refractivity contribution in [2.45, 2.75) is 20.8 Å². The van der Waals surface area contributed by atoms with Crippen LogP contribution in [0.15, 0.2) is 23.2 Å². The zero-order valence-electron chi connectivity index (χ0n) is 13.3. The van der Waals surface area contributed by atoms with E-state index >= 15 is 0 Å². The van der Waals surface area contributed by atoms with Gasteiger partial charge in [-0.15, -0.1) is 0 Å². The number of benzene rings is 1. The smallest absolute Gasteiger partial charge is 0.300 e. The first kappa shape index (κ1) is 14.7. The van der Waals surface area contributed by atoms with Gasteiger partial charge in [0.1, 0.15) is 0 Å². The summed E-state index contributed by atoms with van der Waals surface area (Å²) in [5.74, 6) is -0.305. The van der Waals surface area contributed by atoms with E-state index in [9.17, 15) is 4.79 Å². The fourth-order valence-corrected chi connectivity index (χ4v) is 3.52. The molecular formula is C16H18N4OS. The molecule has 0 aliphatic carbocycles.